The highest BCUT2D eigenvalue weighted by molar-refractivity contribution is 6.22. The van der Waals surface area contributed by atoms with Crippen molar-refractivity contribution in [3.63, 3.8) is 0 Å². The Morgan fingerprint density at radius 3 is 2.48 bits per heavy atom. The Morgan fingerprint density at radius 2 is 1.83 bits per heavy atom. The summed E-state index contributed by atoms with van der Waals surface area (Å²) in [5, 5.41) is 2.91. The second-order valence-electron chi connectivity index (χ2n) is 6.04. The van der Waals surface area contributed by atoms with Gasteiger partial charge in [-0.15, -0.1) is 0 Å². The first-order chi connectivity index (χ1) is 11.0. The van der Waals surface area contributed by atoms with Gasteiger partial charge in [0.2, 0.25) is 0 Å². The predicted molar refractivity (Wildman–Crippen MR) is 88.6 cm³/mol. The Bertz CT molecular complexity index is 625. The summed E-state index contributed by atoms with van der Waals surface area (Å²) in [6.45, 7) is 6.46. The van der Waals surface area contributed by atoms with E-state index in [4.69, 9.17) is 0 Å². The minimum absolute atomic E-state index is 0.0825. The van der Waals surface area contributed by atoms with Crippen molar-refractivity contribution in [3.8, 4) is 0 Å². The van der Waals surface area contributed by atoms with E-state index in [-0.39, 0.29) is 23.8 Å². The number of hydrogen-bond acceptors (Lipinski definition) is 3. The van der Waals surface area contributed by atoms with Crippen molar-refractivity contribution in [1.82, 2.24) is 10.2 Å². The Kier molecular flexibility index (Phi) is 5.53. The monoisotopic (exact) mass is 316 g/mol. The smallest absolute Gasteiger partial charge is 0.261 e. The molecule has 1 N–H and O–H groups in total. The molecule has 23 heavy (non-hydrogen) atoms. The molecule has 1 unspecified atom stereocenters. The van der Waals surface area contributed by atoms with Crippen molar-refractivity contribution in [2.45, 2.75) is 52.5 Å². The number of carbonyl (C=O) groups excluding carboxylic acids is 3. The van der Waals surface area contributed by atoms with Crippen LogP contribution in [0.5, 0.6) is 0 Å². The lowest BCUT2D eigenvalue weighted by Gasteiger charge is -2.13. The number of nitrogens with one attached hydrogen (secondary N) is 1. The van der Waals surface area contributed by atoms with Crippen LogP contribution >= 0.6 is 0 Å². The summed E-state index contributed by atoms with van der Waals surface area (Å²) >= 11 is 0. The molecular weight excluding hydrogens is 292 g/mol. The highest BCUT2D eigenvalue weighted by Crippen LogP contribution is 2.24. The zero-order valence-electron chi connectivity index (χ0n) is 14.0. The lowest BCUT2D eigenvalue weighted by molar-refractivity contribution is 0.0652. The maximum absolute atomic E-state index is 12.4. The van der Waals surface area contributed by atoms with Gasteiger partial charge >= 0.3 is 0 Å². The zero-order valence-corrected chi connectivity index (χ0v) is 14.0. The molecule has 3 amide bonds. The number of imide groups is 1. The van der Waals surface area contributed by atoms with Gasteiger partial charge in [-0.1, -0.05) is 26.7 Å². The summed E-state index contributed by atoms with van der Waals surface area (Å²) in [5.41, 5.74) is 1.15. The van der Waals surface area contributed by atoms with Gasteiger partial charge in [-0.05, 0) is 38.0 Å². The third-order valence-corrected chi connectivity index (χ3v) is 4.07. The predicted octanol–water partition coefficient (Wildman–Crippen LogP) is 3.00. The maximum atomic E-state index is 12.4. The van der Waals surface area contributed by atoms with Crippen molar-refractivity contribution < 1.29 is 14.4 Å². The Balaban J connectivity index is 2.18. The summed E-state index contributed by atoms with van der Waals surface area (Å²) in [5.74, 6) is -0.763. The second kappa shape index (κ2) is 7.40. The number of fused-ring (bicyclic) bond motifs is 1. The molecular formula is C18H24N2O3. The first-order valence-electron chi connectivity index (χ1n) is 8.30. The lowest BCUT2D eigenvalue weighted by Crippen LogP contribution is -2.32. The fourth-order valence-corrected chi connectivity index (χ4v) is 2.76. The minimum atomic E-state index is -0.297. The number of carbonyl (C=O) groups is 3. The first-order valence-corrected chi connectivity index (χ1v) is 8.30. The van der Waals surface area contributed by atoms with Gasteiger partial charge in [0.15, 0.2) is 0 Å². The number of benzene rings is 1. The molecule has 0 fully saturated rings. The Hall–Kier alpha value is -2.17. The first kappa shape index (κ1) is 17.2. The molecule has 2 rings (SSSR count). The molecule has 0 radical (unpaired) electrons. The minimum Gasteiger partial charge on any atom is -0.350 e. The maximum Gasteiger partial charge on any atom is 0.261 e. The summed E-state index contributed by atoms with van der Waals surface area (Å²) in [4.78, 5) is 38.2. The summed E-state index contributed by atoms with van der Waals surface area (Å²) in [7, 11) is 0. The molecule has 1 aromatic carbocycles. The van der Waals surface area contributed by atoms with E-state index in [1.165, 1.54) is 11.0 Å². The van der Waals surface area contributed by atoms with E-state index in [9.17, 15) is 14.4 Å². The number of amides is 3. The number of unbranched alkanes of at least 4 members (excludes halogenated alkanes) is 1. The summed E-state index contributed by atoms with van der Waals surface area (Å²) in [6.07, 6.45) is 3.59. The molecule has 1 atom stereocenters. The van der Waals surface area contributed by atoms with Gasteiger partial charge < -0.3 is 5.32 Å². The highest BCUT2D eigenvalue weighted by atomic mass is 16.2. The molecule has 0 spiro atoms. The zero-order chi connectivity index (χ0) is 17.0. The van der Waals surface area contributed by atoms with Crippen molar-refractivity contribution in [2.24, 2.45) is 0 Å². The van der Waals surface area contributed by atoms with Gasteiger partial charge in [-0.2, -0.15) is 0 Å². The van der Waals surface area contributed by atoms with Crippen LogP contribution in [-0.2, 0) is 0 Å². The molecule has 1 aliphatic rings. The number of rotatable bonds is 7. The molecule has 0 bridgehead atoms. The number of hydrogen-bond donors (Lipinski definition) is 1. The molecule has 5 nitrogen and oxygen atoms in total. The van der Waals surface area contributed by atoms with E-state index in [1.807, 2.05) is 13.8 Å². The van der Waals surface area contributed by atoms with Gasteiger partial charge in [0, 0.05) is 18.2 Å². The van der Waals surface area contributed by atoms with Crippen LogP contribution in [0.3, 0.4) is 0 Å². The normalized spacial score (nSPS) is 14.8. The number of nitrogens with zero attached hydrogens (tertiary/aromatic N) is 1. The van der Waals surface area contributed by atoms with Crippen molar-refractivity contribution in [3.05, 3.63) is 34.9 Å². The van der Waals surface area contributed by atoms with E-state index in [2.05, 4.69) is 12.2 Å². The quantitative estimate of drug-likeness (QED) is 0.786. The van der Waals surface area contributed by atoms with Gasteiger partial charge in [0.25, 0.3) is 17.7 Å². The van der Waals surface area contributed by atoms with Gasteiger partial charge in [-0.25, -0.2) is 0 Å². The van der Waals surface area contributed by atoms with E-state index in [0.717, 1.165) is 25.7 Å². The van der Waals surface area contributed by atoms with Crippen LogP contribution in [0.15, 0.2) is 18.2 Å². The van der Waals surface area contributed by atoms with E-state index in [1.54, 1.807) is 12.1 Å². The van der Waals surface area contributed by atoms with Crippen molar-refractivity contribution in [1.29, 1.82) is 0 Å². The third-order valence-electron chi connectivity index (χ3n) is 4.07. The fourth-order valence-electron chi connectivity index (χ4n) is 2.76. The fraction of sp³-hybridized carbons (Fsp3) is 0.500. The standard InChI is InChI=1S/C18H24N2O3/c1-4-6-10-20-17(22)14-9-8-13(11-15(14)18(20)23)16(21)19-12(3)7-5-2/h8-9,11-12H,4-7,10H2,1-3H3,(H,19,21). The Morgan fingerprint density at radius 1 is 1.13 bits per heavy atom. The molecule has 0 saturated heterocycles. The van der Waals surface area contributed by atoms with E-state index >= 15 is 0 Å². The molecule has 0 saturated carbocycles. The SMILES string of the molecule is CCCCN1C(=O)c2ccc(C(=O)NC(C)CCC)cc2C1=O. The van der Waals surface area contributed by atoms with E-state index < -0.39 is 0 Å². The van der Waals surface area contributed by atoms with Gasteiger partial charge in [-0.3, -0.25) is 19.3 Å². The molecule has 5 heteroatoms. The third kappa shape index (κ3) is 3.60. The average Bonchev–Trinajstić information content (AvgIpc) is 2.76. The van der Waals surface area contributed by atoms with Gasteiger partial charge in [0.1, 0.15) is 0 Å². The molecule has 0 aromatic heterocycles. The van der Waals surface area contributed by atoms with Crippen LogP contribution < -0.4 is 5.32 Å². The van der Waals surface area contributed by atoms with E-state index in [0.29, 0.717) is 23.2 Å². The topological polar surface area (TPSA) is 66.5 Å². The second-order valence-corrected chi connectivity index (χ2v) is 6.04. The van der Waals surface area contributed by atoms with Crippen LogP contribution in [0.2, 0.25) is 0 Å². The molecule has 1 aromatic rings. The van der Waals surface area contributed by atoms with Crippen molar-refractivity contribution >= 4 is 17.7 Å². The summed E-state index contributed by atoms with van der Waals surface area (Å²) in [6, 6.07) is 4.82. The molecule has 0 aliphatic carbocycles. The van der Waals surface area contributed by atoms with Crippen molar-refractivity contribution in [2.75, 3.05) is 6.54 Å². The summed E-state index contributed by atoms with van der Waals surface area (Å²) < 4.78 is 0. The largest absolute Gasteiger partial charge is 0.350 e. The Labute approximate surface area is 137 Å². The molecule has 1 aliphatic heterocycles. The van der Waals surface area contributed by atoms with Crippen LogP contribution in [0.25, 0.3) is 0 Å². The molecule has 1 heterocycles. The average molecular weight is 316 g/mol. The van der Waals surface area contributed by atoms with Crippen LogP contribution in [0, 0.1) is 0 Å². The molecule has 124 valence electrons. The highest BCUT2D eigenvalue weighted by Gasteiger charge is 2.35. The van der Waals surface area contributed by atoms with Crippen LogP contribution in [-0.4, -0.2) is 35.2 Å². The lowest BCUT2D eigenvalue weighted by atomic mass is 10.0. The van der Waals surface area contributed by atoms with Crippen LogP contribution in [0.1, 0.15) is 77.5 Å². The van der Waals surface area contributed by atoms with Gasteiger partial charge in [0.05, 0.1) is 11.1 Å². The van der Waals surface area contributed by atoms with Crippen LogP contribution in [0.4, 0.5) is 0 Å².